The smallest absolute Gasteiger partial charge is 0.416 e. The van der Waals surface area contributed by atoms with E-state index in [0.717, 1.165) is 25.0 Å². The highest BCUT2D eigenvalue weighted by atomic mass is 19.4. The van der Waals surface area contributed by atoms with Crippen molar-refractivity contribution >= 4 is 23.6 Å². The molecule has 1 aromatic carbocycles. The third kappa shape index (κ3) is 6.92. The van der Waals surface area contributed by atoms with Crippen LogP contribution in [0.3, 0.4) is 0 Å². The maximum atomic E-state index is 15.7. The first-order valence-electron chi connectivity index (χ1n) is 13.1. The third-order valence-electron chi connectivity index (χ3n) is 7.15. The van der Waals surface area contributed by atoms with Crippen molar-refractivity contribution in [1.29, 1.82) is 0 Å². The second-order valence-corrected chi connectivity index (χ2v) is 11.4. The van der Waals surface area contributed by atoms with E-state index < -0.39 is 40.6 Å². The fraction of sp³-hybridized carbons (Fsp3) is 0.556. The summed E-state index contributed by atoms with van der Waals surface area (Å²) in [6.07, 6.45) is -1.60. The van der Waals surface area contributed by atoms with E-state index in [1.54, 1.807) is 25.7 Å². The van der Waals surface area contributed by atoms with Crippen LogP contribution in [-0.4, -0.2) is 58.1 Å². The zero-order chi connectivity index (χ0) is 29.3. The topological polar surface area (TPSA) is 114 Å². The first-order valence-corrected chi connectivity index (χ1v) is 13.1. The molecule has 1 aromatic heterocycles. The molecule has 0 unspecified atom stereocenters. The predicted octanol–water partition coefficient (Wildman–Crippen LogP) is 4.72. The van der Waals surface area contributed by atoms with Crippen LogP contribution in [0, 0.1) is 11.2 Å². The normalized spacial score (nSPS) is 17.3. The van der Waals surface area contributed by atoms with Crippen LogP contribution in [0.5, 0.6) is 0 Å². The summed E-state index contributed by atoms with van der Waals surface area (Å²) in [6.45, 7) is 5.97. The number of likely N-dealkylation sites (tertiary alicyclic amines) is 1. The number of anilines is 2. The maximum absolute atomic E-state index is 15.7. The van der Waals surface area contributed by atoms with Crippen LogP contribution in [0.1, 0.15) is 57.6 Å². The van der Waals surface area contributed by atoms with E-state index in [1.165, 1.54) is 23.4 Å². The number of nitrogens with zero attached hydrogens (tertiary/aromatic N) is 4. The highest BCUT2D eigenvalue weighted by molar-refractivity contribution is 5.82. The number of nitrogens with one attached hydrogen (secondary N) is 1. The molecule has 0 bridgehead atoms. The van der Waals surface area contributed by atoms with Crippen molar-refractivity contribution in [3.63, 3.8) is 0 Å². The highest BCUT2D eigenvalue weighted by Gasteiger charge is 2.42. The average molecular weight is 567 g/mol. The molecule has 4 rings (SSSR count). The van der Waals surface area contributed by atoms with E-state index in [4.69, 9.17) is 10.5 Å². The molecule has 1 aliphatic heterocycles. The fourth-order valence-corrected chi connectivity index (χ4v) is 4.65. The Kier molecular flexibility index (Phi) is 8.13. The minimum atomic E-state index is -4.44. The molecule has 1 aliphatic carbocycles. The Morgan fingerprint density at radius 1 is 1.12 bits per heavy atom. The Balaban J connectivity index is 1.46. The summed E-state index contributed by atoms with van der Waals surface area (Å²) >= 11 is 0. The molecular formula is C27H34F4N6O3. The van der Waals surface area contributed by atoms with Crippen LogP contribution >= 0.6 is 0 Å². The molecule has 0 radical (unpaired) electrons. The number of carbonyl (C=O) groups excluding carboxylic acids is 2. The fourth-order valence-electron chi connectivity index (χ4n) is 4.65. The Labute approximate surface area is 230 Å². The third-order valence-corrected chi connectivity index (χ3v) is 7.15. The minimum Gasteiger partial charge on any atom is -0.444 e. The van der Waals surface area contributed by atoms with Gasteiger partial charge in [-0.1, -0.05) is 12.1 Å². The molecule has 2 aliphatic rings. The first kappa shape index (κ1) is 29.3. The number of piperidine rings is 1. The number of alkyl halides is 3. The second-order valence-electron chi connectivity index (χ2n) is 11.4. The number of ether oxygens (including phenoxy) is 1. The lowest BCUT2D eigenvalue weighted by atomic mass is 9.77. The number of nitrogens with two attached hydrogens (primary N) is 1. The van der Waals surface area contributed by atoms with E-state index in [2.05, 4.69) is 15.3 Å². The van der Waals surface area contributed by atoms with Crippen molar-refractivity contribution in [1.82, 2.24) is 14.9 Å². The number of hydrogen-bond donors (Lipinski definition) is 2. The molecule has 13 heteroatoms. The maximum Gasteiger partial charge on any atom is 0.416 e. The Morgan fingerprint density at radius 2 is 1.75 bits per heavy atom. The summed E-state index contributed by atoms with van der Waals surface area (Å²) in [5.74, 6) is -1.39. The van der Waals surface area contributed by atoms with E-state index in [9.17, 15) is 22.8 Å². The first-order chi connectivity index (χ1) is 18.7. The van der Waals surface area contributed by atoms with Gasteiger partial charge in [0.05, 0.1) is 11.0 Å². The van der Waals surface area contributed by atoms with Crippen molar-refractivity contribution in [2.24, 2.45) is 11.1 Å². The van der Waals surface area contributed by atoms with Crippen LogP contribution in [-0.2, 0) is 22.3 Å². The quantitative estimate of drug-likeness (QED) is 0.445. The molecule has 3 N–H and O–H groups in total. The van der Waals surface area contributed by atoms with Gasteiger partial charge in [0.15, 0.2) is 11.6 Å². The number of benzene rings is 1. The number of aromatic nitrogens is 2. The van der Waals surface area contributed by atoms with Gasteiger partial charge in [-0.15, -0.1) is 0 Å². The van der Waals surface area contributed by atoms with Crippen LogP contribution in [0.4, 0.5) is 34.0 Å². The summed E-state index contributed by atoms with van der Waals surface area (Å²) in [7, 11) is 0. The van der Waals surface area contributed by atoms with Gasteiger partial charge in [0.25, 0.3) is 0 Å². The summed E-state index contributed by atoms with van der Waals surface area (Å²) in [4.78, 5) is 36.3. The van der Waals surface area contributed by atoms with E-state index in [0.29, 0.717) is 5.56 Å². The van der Waals surface area contributed by atoms with E-state index in [1.807, 2.05) is 0 Å². The van der Waals surface area contributed by atoms with Gasteiger partial charge in [0.1, 0.15) is 11.9 Å². The summed E-state index contributed by atoms with van der Waals surface area (Å²) in [5.41, 5.74) is 3.90. The van der Waals surface area contributed by atoms with Gasteiger partial charge in [0, 0.05) is 32.2 Å². The largest absolute Gasteiger partial charge is 0.444 e. The van der Waals surface area contributed by atoms with Crippen molar-refractivity contribution in [2.75, 3.05) is 29.9 Å². The molecule has 9 nitrogen and oxygen atoms in total. The van der Waals surface area contributed by atoms with Gasteiger partial charge in [-0.05, 0) is 64.2 Å². The molecule has 0 spiro atoms. The Morgan fingerprint density at radius 3 is 2.27 bits per heavy atom. The molecule has 2 amide bonds. The van der Waals surface area contributed by atoms with Crippen molar-refractivity contribution in [2.45, 2.75) is 70.8 Å². The number of amides is 2. The highest BCUT2D eigenvalue weighted by Crippen LogP contribution is 2.37. The molecule has 0 atom stereocenters. The van der Waals surface area contributed by atoms with E-state index in [-0.39, 0.29) is 56.7 Å². The van der Waals surface area contributed by atoms with Gasteiger partial charge in [-0.3, -0.25) is 4.79 Å². The Hall–Kier alpha value is -3.64. The molecule has 1 saturated carbocycles. The monoisotopic (exact) mass is 566 g/mol. The standard InChI is InChI=1S/C27H34F4N6O3/c1-25(2,3)40-24(39)36-12-10-26(11-13-36,23(32)38)15-33-21-20(28)22(35-16-34-21)37(19-8-9-19)14-17-4-6-18(7-5-17)27(29,30)31/h4-7,16,19H,8-15H2,1-3H3,(H2,32,38)(H,33,34,35). The van der Waals surface area contributed by atoms with E-state index >= 15 is 4.39 Å². The van der Waals surface area contributed by atoms with Crippen LogP contribution < -0.4 is 16.0 Å². The van der Waals surface area contributed by atoms with Gasteiger partial charge < -0.3 is 25.6 Å². The summed E-state index contributed by atoms with van der Waals surface area (Å²) < 4.78 is 59.9. The van der Waals surface area contributed by atoms with Gasteiger partial charge in [-0.25, -0.2) is 14.8 Å². The zero-order valence-corrected chi connectivity index (χ0v) is 22.7. The van der Waals surface area contributed by atoms with Crippen LogP contribution in [0.25, 0.3) is 0 Å². The lowest BCUT2D eigenvalue weighted by Crippen LogP contribution is -2.52. The lowest BCUT2D eigenvalue weighted by Gasteiger charge is -2.40. The van der Waals surface area contributed by atoms with Crippen molar-refractivity contribution in [3.8, 4) is 0 Å². The van der Waals surface area contributed by atoms with Gasteiger partial charge >= 0.3 is 12.3 Å². The number of hydrogen-bond acceptors (Lipinski definition) is 7. The molecule has 1 saturated heterocycles. The molecule has 218 valence electrons. The van der Waals surface area contributed by atoms with Gasteiger partial charge in [0.2, 0.25) is 11.7 Å². The van der Waals surface area contributed by atoms with Crippen molar-refractivity contribution in [3.05, 3.63) is 47.5 Å². The lowest BCUT2D eigenvalue weighted by molar-refractivity contribution is -0.137. The minimum absolute atomic E-state index is 0.000197. The van der Waals surface area contributed by atoms with Crippen molar-refractivity contribution < 1.29 is 31.9 Å². The predicted molar refractivity (Wildman–Crippen MR) is 140 cm³/mol. The molecular weight excluding hydrogens is 532 g/mol. The molecule has 2 aromatic rings. The number of halogens is 4. The zero-order valence-electron chi connectivity index (χ0n) is 22.7. The average Bonchev–Trinajstić information content (AvgIpc) is 3.71. The molecule has 2 fully saturated rings. The second kappa shape index (κ2) is 11.1. The van der Waals surface area contributed by atoms with Crippen LogP contribution in [0.15, 0.2) is 30.6 Å². The SMILES string of the molecule is CC(C)(C)OC(=O)N1CCC(CNc2ncnc(N(Cc3ccc(C(F)(F)F)cc3)C3CC3)c2F)(C(N)=O)CC1. The Bertz CT molecular complexity index is 1220. The van der Waals surface area contributed by atoms with Crippen LogP contribution in [0.2, 0.25) is 0 Å². The number of rotatable bonds is 8. The summed E-state index contributed by atoms with van der Waals surface area (Å²) in [6, 6.07) is 4.74. The number of carbonyl (C=O) groups is 2. The molecule has 40 heavy (non-hydrogen) atoms. The summed E-state index contributed by atoms with van der Waals surface area (Å²) in [5, 5.41) is 2.92. The molecule has 2 heterocycles. The van der Waals surface area contributed by atoms with Gasteiger partial charge in [-0.2, -0.15) is 17.6 Å². The number of primary amides is 1.